The molecule has 0 spiro atoms. The zero-order valence-electron chi connectivity index (χ0n) is 17.0. The van der Waals surface area contributed by atoms with Crippen LogP contribution >= 0.6 is 22.9 Å². The van der Waals surface area contributed by atoms with Gasteiger partial charge in [0.2, 0.25) is 0 Å². The number of halogens is 1. The first-order valence-corrected chi connectivity index (χ1v) is 11.1. The smallest absolute Gasteiger partial charge is 0.334 e. The maximum Gasteiger partial charge on any atom is 0.334 e. The fourth-order valence-electron chi connectivity index (χ4n) is 3.70. The van der Waals surface area contributed by atoms with Crippen molar-refractivity contribution in [2.45, 2.75) is 0 Å². The Hall–Kier alpha value is -3.61. The molecule has 1 N–H and O–H groups in total. The molecule has 0 aliphatic rings. The van der Waals surface area contributed by atoms with Crippen molar-refractivity contribution in [1.82, 2.24) is 9.55 Å². The number of nitrogens with zero attached hydrogens (tertiary/aromatic N) is 1. The first-order valence-electron chi connectivity index (χ1n) is 9.82. The number of rotatable bonds is 4. The van der Waals surface area contributed by atoms with E-state index in [0.29, 0.717) is 26.7 Å². The van der Waals surface area contributed by atoms with Crippen LogP contribution in [0.2, 0.25) is 5.02 Å². The van der Waals surface area contributed by atoms with E-state index in [1.165, 1.54) is 11.3 Å². The average molecular weight is 461 g/mol. The first-order chi connectivity index (χ1) is 15.5. The number of fused-ring (bicyclic) bond motifs is 1. The van der Waals surface area contributed by atoms with E-state index in [-0.39, 0.29) is 5.56 Å². The molecule has 0 unspecified atom stereocenters. The summed E-state index contributed by atoms with van der Waals surface area (Å²) in [6.07, 6.45) is 0. The maximum atomic E-state index is 13.4. The summed E-state index contributed by atoms with van der Waals surface area (Å²) in [4.78, 5) is 29.5. The predicted octanol–water partition coefficient (Wildman–Crippen LogP) is 5.74. The van der Waals surface area contributed by atoms with Gasteiger partial charge in [0.15, 0.2) is 0 Å². The molecule has 3 aromatic carbocycles. The molecule has 32 heavy (non-hydrogen) atoms. The molecule has 0 amide bonds. The highest BCUT2D eigenvalue weighted by molar-refractivity contribution is 7.17. The summed E-state index contributed by atoms with van der Waals surface area (Å²) in [5.41, 5.74) is 3.39. The van der Waals surface area contributed by atoms with Crippen LogP contribution < -0.4 is 16.0 Å². The third kappa shape index (κ3) is 3.53. The molecule has 0 aliphatic heterocycles. The summed E-state index contributed by atoms with van der Waals surface area (Å²) in [5, 5.41) is 3.07. The fraction of sp³-hybridized carbons (Fsp3) is 0.0400. The number of H-pyrrole nitrogens is 1. The number of hydrogen-bond acceptors (Lipinski definition) is 4. The van der Waals surface area contributed by atoms with Crippen LogP contribution in [-0.2, 0) is 0 Å². The average Bonchev–Trinajstić information content (AvgIpc) is 3.24. The van der Waals surface area contributed by atoms with Gasteiger partial charge in [0.25, 0.3) is 5.56 Å². The van der Waals surface area contributed by atoms with Gasteiger partial charge in [-0.1, -0.05) is 54.1 Å². The van der Waals surface area contributed by atoms with Crippen LogP contribution in [0.25, 0.3) is 38.2 Å². The Balaban J connectivity index is 1.63. The van der Waals surface area contributed by atoms with Crippen molar-refractivity contribution < 1.29 is 4.74 Å². The van der Waals surface area contributed by atoms with E-state index in [0.717, 1.165) is 26.8 Å². The second kappa shape index (κ2) is 8.15. The van der Waals surface area contributed by atoms with Crippen molar-refractivity contribution in [1.29, 1.82) is 0 Å². The van der Waals surface area contributed by atoms with E-state index in [9.17, 15) is 9.59 Å². The van der Waals surface area contributed by atoms with E-state index in [1.807, 2.05) is 53.9 Å². The number of benzene rings is 3. The summed E-state index contributed by atoms with van der Waals surface area (Å²) in [7, 11) is 1.54. The van der Waals surface area contributed by atoms with Crippen LogP contribution in [0, 0.1) is 0 Å². The minimum Gasteiger partial charge on any atom is -0.497 e. The number of thiophene rings is 1. The van der Waals surface area contributed by atoms with Gasteiger partial charge >= 0.3 is 5.69 Å². The van der Waals surface area contributed by atoms with Gasteiger partial charge in [-0.2, -0.15) is 0 Å². The second-order valence-electron chi connectivity index (χ2n) is 7.21. The molecular weight excluding hydrogens is 444 g/mol. The summed E-state index contributed by atoms with van der Waals surface area (Å²) in [6.45, 7) is 0. The fourth-order valence-corrected chi connectivity index (χ4v) is 4.78. The first kappa shape index (κ1) is 20.3. The molecule has 0 atom stereocenters. The van der Waals surface area contributed by atoms with Crippen molar-refractivity contribution in [2.24, 2.45) is 0 Å². The molecular formula is C25H17ClN2O3S. The molecule has 0 fully saturated rings. The zero-order chi connectivity index (χ0) is 22.2. The van der Waals surface area contributed by atoms with Crippen LogP contribution in [0.1, 0.15) is 0 Å². The molecule has 5 nitrogen and oxygen atoms in total. The lowest BCUT2D eigenvalue weighted by Crippen LogP contribution is -2.33. The van der Waals surface area contributed by atoms with Crippen LogP contribution in [0.3, 0.4) is 0 Å². The number of aromatic nitrogens is 2. The normalized spacial score (nSPS) is 11.1. The Morgan fingerprint density at radius 3 is 2.25 bits per heavy atom. The van der Waals surface area contributed by atoms with Crippen molar-refractivity contribution in [2.75, 3.05) is 7.11 Å². The largest absolute Gasteiger partial charge is 0.497 e. The number of aromatic amines is 1. The van der Waals surface area contributed by atoms with Crippen molar-refractivity contribution in [3.05, 3.63) is 104 Å². The second-order valence-corrected chi connectivity index (χ2v) is 8.53. The summed E-state index contributed by atoms with van der Waals surface area (Å²) < 4.78 is 6.38. The minimum atomic E-state index is -0.484. The third-order valence-corrected chi connectivity index (χ3v) is 6.46. The van der Waals surface area contributed by atoms with Gasteiger partial charge in [0.1, 0.15) is 10.6 Å². The number of hydrogen-bond donors (Lipinski definition) is 1. The summed E-state index contributed by atoms with van der Waals surface area (Å²) in [5.74, 6) is 0.567. The van der Waals surface area contributed by atoms with Crippen LogP contribution in [0.5, 0.6) is 5.75 Å². The molecule has 0 bridgehead atoms. The Kier molecular flexibility index (Phi) is 5.17. The third-order valence-electron chi connectivity index (χ3n) is 5.32. The van der Waals surface area contributed by atoms with Gasteiger partial charge in [-0.05, 0) is 41.0 Å². The molecule has 2 aromatic heterocycles. The van der Waals surface area contributed by atoms with E-state index >= 15 is 0 Å². The molecule has 158 valence electrons. The van der Waals surface area contributed by atoms with E-state index in [4.69, 9.17) is 16.3 Å². The number of methoxy groups -OCH3 is 1. The molecule has 2 heterocycles. The highest BCUT2D eigenvalue weighted by atomic mass is 35.5. The summed E-state index contributed by atoms with van der Waals surface area (Å²) >= 11 is 7.33. The Bertz CT molecular complexity index is 1550. The van der Waals surface area contributed by atoms with Crippen molar-refractivity contribution >= 4 is 33.2 Å². The van der Waals surface area contributed by atoms with Gasteiger partial charge in [-0.3, -0.25) is 9.78 Å². The molecule has 5 aromatic rings. The standard InChI is InChI=1S/C25H17ClN2O3S/c1-31-20-4-2-3-19(13-20)28-24(29)22-21(14-32-23(22)27-25(28)30)17-7-5-15(6-8-17)16-9-11-18(26)12-10-16/h2-14H,1H3,(H,27,30). The monoisotopic (exact) mass is 460 g/mol. The van der Waals surface area contributed by atoms with Gasteiger partial charge in [-0.15, -0.1) is 11.3 Å². The molecule has 0 radical (unpaired) electrons. The van der Waals surface area contributed by atoms with Crippen LogP contribution in [0.4, 0.5) is 0 Å². The predicted molar refractivity (Wildman–Crippen MR) is 130 cm³/mol. The Morgan fingerprint density at radius 1 is 0.906 bits per heavy atom. The Morgan fingerprint density at radius 2 is 1.56 bits per heavy atom. The van der Waals surface area contributed by atoms with Gasteiger partial charge < -0.3 is 4.74 Å². The highest BCUT2D eigenvalue weighted by Gasteiger charge is 2.16. The number of ether oxygens (including phenoxy) is 1. The highest BCUT2D eigenvalue weighted by Crippen LogP contribution is 2.32. The molecule has 5 rings (SSSR count). The molecule has 7 heteroatoms. The van der Waals surface area contributed by atoms with Crippen LogP contribution in [-0.4, -0.2) is 16.7 Å². The number of nitrogens with one attached hydrogen (secondary N) is 1. The molecule has 0 saturated carbocycles. The van der Waals surface area contributed by atoms with Gasteiger partial charge in [-0.25, -0.2) is 9.36 Å². The van der Waals surface area contributed by atoms with Gasteiger partial charge in [0.05, 0.1) is 18.2 Å². The van der Waals surface area contributed by atoms with Gasteiger partial charge in [0, 0.05) is 22.0 Å². The summed E-state index contributed by atoms with van der Waals surface area (Å²) in [6, 6.07) is 22.5. The maximum absolute atomic E-state index is 13.4. The molecule has 0 saturated heterocycles. The van der Waals surface area contributed by atoms with Crippen molar-refractivity contribution in [3.8, 4) is 33.7 Å². The SMILES string of the molecule is COc1cccc(-n2c(=O)[nH]c3scc(-c4ccc(-c5ccc(Cl)cc5)cc4)c3c2=O)c1. The minimum absolute atomic E-state index is 0.366. The topological polar surface area (TPSA) is 64.1 Å². The Labute approximate surface area is 192 Å². The van der Waals surface area contributed by atoms with E-state index in [2.05, 4.69) is 4.98 Å². The zero-order valence-corrected chi connectivity index (χ0v) is 18.5. The lowest BCUT2D eigenvalue weighted by Gasteiger charge is -2.08. The van der Waals surface area contributed by atoms with E-state index in [1.54, 1.807) is 31.4 Å². The van der Waals surface area contributed by atoms with Crippen molar-refractivity contribution in [3.63, 3.8) is 0 Å². The lowest BCUT2D eigenvalue weighted by atomic mass is 10.0. The quantitative estimate of drug-likeness (QED) is 0.372. The molecule has 0 aliphatic carbocycles. The van der Waals surface area contributed by atoms with Crippen LogP contribution in [0.15, 0.2) is 87.8 Å². The lowest BCUT2D eigenvalue weighted by molar-refractivity contribution is 0.414. The van der Waals surface area contributed by atoms with E-state index < -0.39 is 5.69 Å².